The van der Waals surface area contributed by atoms with Gasteiger partial charge in [-0.1, -0.05) is 112 Å². The number of allylic oxidation sites excluding steroid dienone is 15. The van der Waals surface area contributed by atoms with Gasteiger partial charge >= 0.3 is 0 Å². The largest absolute Gasteiger partial charge is 0.335 e. The van der Waals surface area contributed by atoms with E-state index >= 15 is 0 Å². The minimum absolute atomic E-state index is 0.0747. The summed E-state index contributed by atoms with van der Waals surface area (Å²) in [5.74, 6) is 0.245. The molecule has 0 bridgehead atoms. The van der Waals surface area contributed by atoms with Crippen molar-refractivity contribution in [2.45, 2.75) is 71.3 Å². The van der Waals surface area contributed by atoms with Crippen LogP contribution in [0.25, 0.3) is 5.57 Å². The summed E-state index contributed by atoms with van der Waals surface area (Å²) < 4.78 is 0. The minimum Gasteiger partial charge on any atom is -0.335 e. The first-order chi connectivity index (χ1) is 18.2. The van der Waals surface area contributed by atoms with Gasteiger partial charge < -0.3 is 4.90 Å². The normalized spacial score (nSPS) is 24.6. The molecule has 38 heavy (non-hydrogen) atoms. The van der Waals surface area contributed by atoms with E-state index in [1.165, 1.54) is 39.1 Å². The van der Waals surface area contributed by atoms with E-state index in [-0.39, 0.29) is 16.9 Å². The Morgan fingerprint density at radius 1 is 1.11 bits per heavy atom. The van der Waals surface area contributed by atoms with E-state index in [9.17, 15) is 0 Å². The van der Waals surface area contributed by atoms with Crippen molar-refractivity contribution in [2.24, 2.45) is 0 Å². The second-order valence-electron chi connectivity index (χ2n) is 11.3. The van der Waals surface area contributed by atoms with Crippen molar-refractivity contribution < 1.29 is 0 Å². The molecular weight excluding hydrogens is 458 g/mol. The first-order valence-electron chi connectivity index (χ1n) is 13.8. The molecule has 0 aliphatic heterocycles. The van der Waals surface area contributed by atoms with Gasteiger partial charge in [-0.3, -0.25) is 0 Å². The fourth-order valence-corrected chi connectivity index (χ4v) is 6.21. The molecule has 0 heterocycles. The standard InChI is InChI=1S/C37H43N/c1-9-15-29(16-10-2)38(37(8)24-22-27(5)23-25-37)35-19-14-13-18-31(35)28-20-21-32-30(12-4)33(17-11-3)36(6,7)34(32)26-28/h9-17,19-24,26,31H,1,4,18,25H2,2-3,5-8H3/b16-10-,17-11-,29-15+. The maximum atomic E-state index is 4.16. The van der Waals surface area contributed by atoms with E-state index in [0.29, 0.717) is 0 Å². The predicted molar refractivity (Wildman–Crippen MR) is 167 cm³/mol. The Morgan fingerprint density at radius 2 is 1.89 bits per heavy atom. The van der Waals surface area contributed by atoms with Crippen LogP contribution in [0.4, 0.5) is 0 Å². The van der Waals surface area contributed by atoms with Gasteiger partial charge in [-0.2, -0.15) is 0 Å². The highest BCUT2D eigenvalue weighted by molar-refractivity contribution is 5.87. The van der Waals surface area contributed by atoms with Crippen LogP contribution in [0.2, 0.25) is 0 Å². The molecule has 1 aromatic rings. The van der Waals surface area contributed by atoms with Gasteiger partial charge in [0.1, 0.15) is 0 Å². The first kappa shape index (κ1) is 27.5. The third-order valence-electron chi connectivity index (χ3n) is 8.24. The molecule has 1 nitrogen and oxygen atoms in total. The zero-order valence-corrected chi connectivity index (χ0v) is 24.1. The third kappa shape index (κ3) is 4.83. The number of hydrogen-bond acceptors (Lipinski definition) is 1. The SMILES string of the molecule is C=C/C=C(\C=C/C)N(C1=CC=CCC1c1ccc2c(c1)C(C)(C)C(/C=C\C)=C2C=C)C1(C)C=CC(C)=CC1. The highest BCUT2D eigenvalue weighted by atomic mass is 15.2. The van der Waals surface area contributed by atoms with E-state index in [2.05, 4.69) is 145 Å². The van der Waals surface area contributed by atoms with E-state index in [4.69, 9.17) is 0 Å². The summed E-state index contributed by atoms with van der Waals surface area (Å²) in [4.78, 5) is 2.54. The van der Waals surface area contributed by atoms with Crippen LogP contribution in [-0.4, -0.2) is 10.4 Å². The van der Waals surface area contributed by atoms with Crippen LogP contribution in [0.3, 0.4) is 0 Å². The van der Waals surface area contributed by atoms with Crippen LogP contribution in [0.1, 0.15) is 77.0 Å². The lowest BCUT2D eigenvalue weighted by Gasteiger charge is -2.46. The molecule has 0 saturated heterocycles. The topological polar surface area (TPSA) is 3.24 Å². The van der Waals surface area contributed by atoms with E-state index in [1.807, 2.05) is 12.2 Å². The molecule has 4 rings (SSSR count). The Morgan fingerprint density at radius 3 is 2.53 bits per heavy atom. The van der Waals surface area contributed by atoms with Gasteiger partial charge in [-0.15, -0.1) is 0 Å². The van der Waals surface area contributed by atoms with E-state index in [1.54, 1.807) is 0 Å². The number of hydrogen-bond donors (Lipinski definition) is 0. The van der Waals surface area contributed by atoms with Gasteiger partial charge in [0, 0.05) is 22.7 Å². The van der Waals surface area contributed by atoms with Crippen molar-refractivity contribution in [2.75, 3.05) is 0 Å². The summed E-state index contributed by atoms with van der Waals surface area (Å²) in [6, 6.07) is 7.12. The summed E-state index contributed by atoms with van der Waals surface area (Å²) in [6.07, 6.45) is 30.5. The van der Waals surface area contributed by atoms with Gasteiger partial charge in [0.05, 0.1) is 5.54 Å². The smallest absolute Gasteiger partial charge is 0.0640 e. The van der Waals surface area contributed by atoms with Crippen LogP contribution < -0.4 is 0 Å². The Balaban J connectivity index is 1.85. The maximum Gasteiger partial charge on any atom is 0.0640 e. The van der Waals surface area contributed by atoms with Gasteiger partial charge in [-0.05, 0) is 86.6 Å². The van der Waals surface area contributed by atoms with Crippen LogP contribution in [0, 0.1) is 0 Å². The van der Waals surface area contributed by atoms with Gasteiger partial charge in [0.15, 0.2) is 0 Å². The lowest BCUT2D eigenvalue weighted by molar-refractivity contribution is 0.239. The highest BCUT2D eigenvalue weighted by Crippen LogP contribution is 2.49. The van der Waals surface area contributed by atoms with Crippen molar-refractivity contribution in [3.63, 3.8) is 0 Å². The number of rotatable bonds is 8. The first-order valence-corrected chi connectivity index (χ1v) is 13.8. The average Bonchev–Trinajstić information content (AvgIpc) is 3.12. The zero-order valence-electron chi connectivity index (χ0n) is 24.1. The molecule has 0 spiro atoms. The molecule has 3 aliphatic rings. The van der Waals surface area contributed by atoms with E-state index in [0.717, 1.165) is 18.5 Å². The maximum absolute atomic E-state index is 4.16. The van der Waals surface area contributed by atoms with Gasteiger partial charge in [0.2, 0.25) is 0 Å². The summed E-state index contributed by atoms with van der Waals surface area (Å²) >= 11 is 0. The molecule has 3 aliphatic carbocycles. The fraction of sp³-hybridized carbons (Fsp3) is 0.297. The zero-order chi connectivity index (χ0) is 27.5. The molecule has 0 aromatic heterocycles. The lowest BCUT2D eigenvalue weighted by Crippen LogP contribution is -2.45. The highest BCUT2D eigenvalue weighted by Gasteiger charge is 2.39. The Bertz CT molecular complexity index is 1360. The summed E-state index contributed by atoms with van der Waals surface area (Å²) in [7, 11) is 0. The van der Waals surface area contributed by atoms with Crippen molar-refractivity contribution >= 4 is 5.57 Å². The number of fused-ring (bicyclic) bond motifs is 1. The second kappa shape index (κ2) is 11.0. The van der Waals surface area contributed by atoms with Crippen LogP contribution in [0.5, 0.6) is 0 Å². The molecule has 0 radical (unpaired) electrons. The van der Waals surface area contributed by atoms with Gasteiger partial charge in [-0.25, -0.2) is 0 Å². The van der Waals surface area contributed by atoms with Crippen molar-refractivity contribution in [3.05, 3.63) is 150 Å². The second-order valence-corrected chi connectivity index (χ2v) is 11.3. The summed E-state index contributed by atoms with van der Waals surface area (Å²) in [5.41, 5.74) is 10.2. The monoisotopic (exact) mass is 501 g/mol. The summed E-state index contributed by atoms with van der Waals surface area (Å²) in [5, 5.41) is 0. The molecule has 0 fully saturated rings. The van der Waals surface area contributed by atoms with E-state index < -0.39 is 0 Å². The molecule has 0 N–H and O–H groups in total. The van der Waals surface area contributed by atoms with Crippen LogP contribution in [-0.2, 0) is 5.41 Å². The molecule has 2 atom stereocenters. The Kier molecular flexibility index (Phi) is 7.97. The lowest BCUT2D eigenvalue weighted by atomic mass is 9.78. The quantitative estimate of drug-likeness (QED) is 0.320. The van der Waals surface area contributed by atoms with Crippen LogP contribution >= 0.6 is 0 Å². The molecular formula is C37H43N. The van der Waals surface area contributed by atoms with Crippen molar-refractivity contribution in [1.82, 2.24) is 4.90 Å². The molecule has 0 saturated carbocycles. The van der Waals surface area contributed by atoms with Crippen LogP contribution in [0.15, 0.2) is 133 Å². The Labute approximate surface area is 231 Å². The summed E-state index contributed by atoms with van der Waals surface area (Å²) in [6.45, 7) is 21.6. The fourth-order valence-electron chi connectivity index (χ4n) is 6.21. The average molecular weight is 502 g/mol. The number of nitrogens with zero attached hydrogens (tertiary/aromatic N) is 1. The minimum atomic E-state index is -0.185. The molecule has 1 heteroatoms. The Hall–Kier alpha value is -3.58. The molecule has 1 aromatic carbocycles. The van der Waals surface area contributed by atoms with Crippen molar-refractivity contribution in [1.29, 1.82) is 0 Å². The molecule has 2 unspecified atom stereocenters. The third-order valence-corrected chi connectivity index (χ3v) is 8.24. The molecule has 0 amide bonds. The predicted octanol–water partition coefficient (Wildman–Crippen LogP) is 10.0. The van der Waals surface area contributed by atoms with Gasteiger partial charge in [0.25, 0.3) is 0 Å². The van der Waals surface area contributed by atoms with Crippen molar-refractivity contribution in [3.8, 4) is 0 Å². The molecule has 196 valence electrons. The number of benzene rings is 1.